The molecule has 2 aromatic carbocycles. The van der Waals surface area contributed by atoms with Gasteiger partial charge in [0.1, 0.15) is 5.75 Å². The third-order valence-corrected chi connectivity index (χ3v) is 5.18. The van der Waals surface area contributed by atoms with Crippen LogP contribution in [0.4, 0.5) is 0 Å². The molecule has 0 bridgehead atoms. The van der Waals surface area contributed by atoms with Crippen LogP contribution in [0.3, 0.4) is 0 Å². The van der Waals surface area contributed by atoms with E-state index >= 15 is 0 Å². The minimum absolute atomic E-state index is 0.00256. The van der Waals surface area contributed by atoms with Crippen molar-refractivity contribution in [1.29, 1.82) is 0 Å². The number of halogens is 1. The van der Waals surface area contributed by atoms with Gasteiger partial charge in [-0.25, -0.2) is 0 Å². The lowest BCUT2D eigenvalue weighted by molar-refractivity contribution is -0.123. The Bertz CT molecular complexity index is 730. The van der Waals surface area contributed by atoms with Crippen molar-refractivity contribution in [3.8, 4) is 5.75 Å². The van der Waals surface area contributed by atoms with Gasteiger partial charge >= 0.3 is 0 Å². The summed E-state index contributed by atoms with van der Waals surface area (Å²) in [6.07, 6.45) is 2.44. The predicted molar refractivity (Wildman–Crippen MR) is 105 cm³/mol. The Hall–Kier alpha value is -2.04. The average molecular weight is 373 g/mol. The molecule has 1 saturated heterocycles. The van der Waals surface area contributed by atoms with Crippen LogP contribution in [0.15, 0.2) is 48.5 Å². The van der Waals surface area contributed by atoms with E-state index < -0.39 is 0 Å². The zero-order chi connectivity index (χ0) is 18.4. The number of benzene rings is 2. The highest BCUT2D eigenvalue weighted by Crippen LogP contribution is 2.24. The van der Waals surface area contributed by atoms with E-state index in [-0.39, 0.29) is 18.6 Å². The molecule has 0 saturated carbocycles. The SMILES string of the molecule is Cc1cc(OCC(=O)NCC(c2ccccc2)N2CCCC2)ccc1Cl. The molecule has 0 aliphatic carbocycles. The highest BCUT2D eigenvalue weighted by molar-refractivity contribution is 6.31. The van der Waals surface area contributed by atoms with Gasteiger partial charge in [-0.3, -0.25) is 9.69 Å². The normalized spacial score (nSPS) is 15.6. The first-order valence-corrected chi connectivity index (χ1v) is 9.46. The van der Waals surface area contributed by atoms with Crippen LogP contribution < -0.4 is 10.1 Å². The van der Waals surface area contributed by atoms with Crippen molar-refractivity contribution in [3.63, 3.8) is 0 Å². The molecule has 1 N–H and O–H groups in total. The predicted octanol–water partition coefficient (Wildman–Crippen LogP) is 3.98. The summed E-state index contributed by atoms with van der Waals surface area (Å²) in [5.41, 5.74) is 2.17. The second kappa shape index (κ2) is 9.06. The van der Waals surface area contributed by atoms with E-state index in [0.717, 1.165) is 18.7 Å². The van der Waals surface area contributed by atoms with E-state index in [1.54, 1.807) is 12.1 Å². The van der Waals surface area contributed by atoms with Crippen molar-refractivity contribution in [2.75, 3.05) is 26.2 Å². The van der Waals surface area contributed by atoms with Crippen LogP contribution in [0.5, 0.6) is 5.75 Å². The lowest BCUT2D eigenvalue weighted by atomic mass is 10.1. The zero-order valence-corrected chi connectivity index (χ0v) is 15.8. The number of nitrogens with one attached hydrogen (secondary N) is 1. The lowest BCUT2D eigenvalue weighted by Crippen LogP contribution is -2.38. The number of nitrogens with zero attached hydrogens (tertiary/aromatic N) is 1. The second-order valence-corrected chi connectivity index (χ2v) is 7.08. The number of carbonyl (C=O) groups is 1. The molecule has 1 atom stereocenters. The molecule has 5 heteroatoms. The van der Waals surface area contributed by atoms with Crippen molar-refractivity contribution >= 4 is 17.5 Å². The van der Waals surface area contributed by atoms with Crippen molar-refractivity contribution in [2.45, 2.75) is 25.8 Å². The van der Waals surface area contributed by atoms with Gasteiger partial charge < -0.3 is 10.1 Å². The fraction of sp³-hybridized carbons (Fsp3) is 0.381. The van der Waals surface area contributed by atoms with Crippen LogP contribution in [0.1, 0.15) is 30.0 Å². The van der Waals surface area contributed by atoms with Gasteiger partial charge in [-0.15, -0.1) is 0 Å². The molecule has 2 aromatic rings. The molecule has 138 valence electrons. The molecule has 3 rings (SSSR count). The third kappa shape index (κ3) is 4.99. The number of ether oxygens (including phenoxy) is 1. The van der Waals surface area contributed by atoms with Gasteiger partial charge in [-0.2, -0.15) is 0 Å². The molecular formula is C21H25ClN2O2. The van der Waals surface area contributed by atoms with Crippen molar-refractivity contribution in [3.05, 3.63) is 64.7 Å². The maximum Gasteiger partial charge on any atom is 0.258 e. The van der Waals surface area contributed by atoms with Crippen LogP contribution in [-0.2, 0) is 4.79 Å². The summed E-state index contributed by atoms with van der Waals surface area (Å²) in [7, 11) is 0. The number of hydrogen-bond acceptors (Lipinski definition) is 3. The van der Waals surface area contributed by atoms with Crippen LogP contribution in [-0.4, -0.2) is 37.0 Å². The van der Waals surface area contributed by atoms with E-state index in [0.29, 0.717) is 17.3 Å². The summed E-state index contributed by atoms with van der Waals surface area (Å²) < 4.78 is 5.58. The molecule has 0 radical (unpaired) electrons. The van der Waals surface area contributed by atoms with E-state index in [1.165, 1.54) is 18.4 Å². The molecule has 1 amide bonds. The zero-order valence-electron chi connectivity index (χ0n) is 15.1. The largest absolute Gasteiger partial charge is 0.484 e. The van der Waals surface area contributed by atoms with Crippen molar-refractivity contribution < 1.29 is 9.53 Å². The topological polar surface area (TPSA) is 41.6 Å². The highest BCUT2D eigenvalue weighted by Gasteiger charge is 2.23. The van der Waals surface area contributed by atoms with Crippen LogP contribution >= 0.6 is 11.6 Å². The van der Waals surface area contributed by atoms with Gasteiger partial charge in [0, 0.05) is 11.6 Å². The molecular weight excluding hydrogens is 348 g/mol. The number of amides is 1. The maximum atomic E-state index is 12.2. The van der Waals surface area contributed by atoms with Gasteiger partial charge in [0.15, 0.2) is 6.61 Å². The van der Waals surface area contributed by atoms with Gasteiger partial charge in [0.05, 0.1) is 6.04 Å². The molecule has 1 unspecified atom stereocenters. The highest BCUT2D eigenvalue weighted by atomic mass is 35.5. The standard InChI is InChI=1S/C21H25ClN2O2/c1-16-13-18(9-10-19(16)22)26-15-21(25)23-14-20(24-11-5-6-12-24)17-7-3-2-4-8-17/h2-4,7-10,13,20H,5-6,11-12,14-15H2,1H3,(H,23,25). The Morgan fingerprint density at radius 1 is 1.19 bits per heavy atom. The second-order valence-electron chi connectivity index (χ2n) is 6.67. The molecule has 26 heavy (non-hydrogen) atoms. The Kier molecular flexibility index (Phi) is 6.53. The molecule has 4 nitrogen and oxygen atoms in total. The van der Waals surface area contributed by atoms with Crippen LogP contribution in [0, 0.1) is 6.92 Å². The Balaban J connectivity index is 1.54. The number of rotatable bonds is 7. The van der Waals surface area contributed by atoms with E-state index in [9.17, 15) is 4.79 Å². The monoisotopic (exact) mass is 372 g/mol. The first-order valence-electron chi connectivity index (χ1n) is 9.08. The molecule has 1 aliphatic rings. The van der Waals surface area contributed by atoms with E-state index in [1.807, 2.05) is 31.2 Å². The fourth-order valence-electron chi connectivity index (χ4n) is 3.30. The number of likely N-dealkylation sites (tertiary alicyclic amines) is 1. The van der Waals surface area contributed by atoms with Gasteiger partial charge in [0.25, 0.3) is 5.91 Å². The first kappa shape index (κ1) is 18.7. The molecule has 0 aromatic heterocycles. The smallest absolute Gasteiger partial charge is 0.258 e. The summed E-state index contributed by atoms with van der Waals surface area (Å²) in [6.45, 7) is 4.66. The molecule has 1 aliphatic heterocycles. The molecule has 1 heterocycles. The van der Waals surface area contributed by atoms with Crippen molar-refractivity contribution in [2.24, 2.45) is 0 Å². The maximum absolute atomic E-state index is 12.2. The van der Waals surface area contributed by atoms with Crippen LogP contribution in [0.2, 0.25) is 5.02 Å². The summed E-state index contributed by atoms with van der Waals surface area (Å²) >= 11 is 6.01. The van der Waals surface area contributed by atoms with Gasteiger partial charge in [-0.1, -0.05) is 41.9 Å². The van der Waals surface area contributed by atoms with E-state index in [2.05, 4.69) is 22.3 Å². The average Bonchev–Trinajstić information content (AvgIpc) is 3.18. The lowest BCUT2D eigenvalue weighted by Gasteiger charge is -2.28. The number of carbonyl (C=O) groups excluding carboxylic acids is 1. The summed E-state index contributed by atoms with van der Waals surface area (Å²) in [4.78, 5) is 14.7. The Labute approximate surface area is 160 Å². The minimum atomic E-state index is -0.113. The quantitative estimate of drug-likeness (QED) is 0.799. The number of aryl methyl sites for hydroxylation is 1. The molecule has 1 fully saturated rings. The first-order chi connectivity index (χ1) is 12.6. The summed E-state index contributed by atoms with van der Waals surface area (Å²) in [6, 6.07) is 16.0. The molecule has 0 spiro atoms. The van der Waals surface area contributed by atoms with Crippen molar-refractivity contribution in [1.82, 2.24) is 10.2 Å². The fourth-order valence-corrected chi connectivity index (χ4v) is 3.42. The minimum Gasteiger partial charge on any atom is -0.484 e. The van der Waals surface area contributed by atoms with Gasteiger partial charge in [0.2, 0.25) is 0 Å². The Morgan fingerprint density at radius 2 is 1.92 bits per heavy atom. The summed E-state index contributed by atoms with van der Waals surface area (Å²) in [5.74, 6) is 0.541. The third-order valence-electron chi connectivity index (χ3n) is 4.76. The van der Waals surface area contributed by atoms with Crippen LogP contribution in [0.25, 0.3) is 0 Å². The Morgan fingerprint density at radius 3 is 2.62 bits per heavy atom. The summed E-state index contributed by atoms with van der Waals surface area (Å²) in [5, 5.41) is 3.72. The van der Waals surface area contributed by atoms with E-state index in [4.69, 9.17) is 16.3 Å². The number of hydrogen-bond donors (Lipinski definition) is 1. The van der Waals surface area contributed by atoms with Gasteiger partial charge in [-0.05, 0) is 62.2 Å².